The second kappa shape index (κ2) is 5.16. The van der Waals surface area contributed by atoms with Crippen LogP contribution in [0.1, 0.15) is 51.9 Å². The molecule has 0 amide bonds. The molecule has 4 rings (SSSR count). The minimum atomic E-state index is -0.806. The van der Waals surface area contributed by atoms with E-state index in [0.717, 1.165) is 25.2 Å². The maximum absolute atomic E-state index is 11.7. The normalized spacial score (nSPS) is 53.1. The number of aliphatic hydroxyl groups is 1. The zero-order chi connectivity index (χ0) is 14.6. The van der Waals surface area contributed by atoms with Crippen molar-refractivity contribution < 1.29 is 5.11 Å². The molecule has 3 N–H and O–H groups in total. The summed E-state index contributed by atoms with van der Waals surface area (Å²) in [6, 6.07) is 0.290. The molecule has 4 aliphatic rings. The Labute approximate surface area is 132 Å². The van der Waals surface area contributed by atoms with Gasteiger partial charge in [-0.05, 0) is 56.1 Å². The maximum Gasteiger partial charge on any atom is 0.130 e. The summed E-state index contributed by atoms with van der Waals surface area (Å²) in [5, 5.41) is 12.3. The van der Waals surface area contributed by atoms with Gasteiger partial charge in [0.15, 0.2) is 0 Å². The van der Waals surface area contributed by atoms with Gasteiger partial charge in [-0.3, -0.25) is 4.99 Å². The average molecular weight is 308 g/mol. The van der Waals surface area contributed by atoms with Crippen molar-refractivity contribution in [2.75, 3.05) is 5.75 Å². The van der Waals surface area contributed by atoms with E-state index in [1.807, 2.05) is 0 Å². The molecule has 21 heavy (non-hydrogen) atoms. The summed E-state index contributed by atoms with van der Waals surface area (Å²) < 4.78 is 0. The first-order chi connectivity index (χ1) is 10.1. The van der Waals surface area contributed by atoms with Gasteiger partial charge in [-0.15, -0.1) is 0 Å². The molecule has 1 saturated heterocycles. The van der Waals surface area contributed by atoms with Gasteiger partial charge in [0, 0.05) is 17.1 Å². The molecule has 0 bridgehead atoms. The summed E-state index contributed by atoms with van der Waals surface area (Å²) >= 11 is 2.09. The van der Waals surface area contributed by atoms with E-state index < -0.39 is 5.60 Å². The standard InChI is InChI=1S/C17H28N2OS/c1-10-5-6-14-13(9-10)17(20,16(18)19-14)12-4-2-3-11-7-8-21-15(11)12/h10-15,20H,2-9H2,1H3,(H2,18,19). The van der Waals surface area contributed by atoms with Crippen molar-refractivity contribution in [1.29, 1.82) is 0 Å². The molecule has 0 spiro atoms. The average Bonchev–Trinajstić information content (AvgIpc) is 3.04. The Bertz CT molecular complexity index is 454. The van der Waals surface area contributed by atoms with E-state index in [0.29, 0.717) is 22.9 Å². The molecule has 2 aliphatic heterocycles. The molecular formula is C17H28N2OS. The number of nitrogens with zero attached hydrogens (tertiary/aromatic N) is 1. The van der Waals surface area contributed by atoms with Crippen LogP contribution in [0.15, 0.2) is 4.99 Å². The van der Waals surface area contributed by atoms with E-state index in [1.54, 1.807) is 0 Å². The summed E-state index contributed by atoms with van der Waals surface area (Å²) in [6.07, 6.45) is 8.54. The first-order valence-corrected chi connectivity index (χ1v) is 9.83. The minimum Gasteiger partial charge on any atom is -0.385 e. The predicted molar refractivity (Wildman–Crippen MR) is 88.6 cm³/mol. The summed E-state index contributed by atoms with van der Waals surface area (Å²) in [7, 11) is 0. The van der Waals surface area contributed by atoms with Gasteiger partial charge < -0.3 is 10.8 Å². The van der Waals surface area contributed by atoms with Gasteiger partial charge in [0.25, 0.3) is 0 Å². The highest BCUT2D eigenvalue weighted by Crippen LogP contribution is 2.54. The van der Waals surface area contributed by atoms with E-state index in [-0.39, 0.29) is 12.0 Å². The van der Waals surface area contributed by atoms with Crippen molar-refractivity contribution in [3.63, 3.8) is 0 Å². The molecule has 2 aliphatic carbocycles. The third-order valence-corrected chi connectivity index (χ3v) is 8.24. The quantitative estimate of drug-likeness (QED) is 0.783. The lowest BCUT2D eigenvalue weighted by Gasteiger charge is -2.47. The molecule has 0 aromatic carbocycles. The molecule has 2 heterocycles. The Balaban J connectivity index is 1.66. The number of hydrogen-bond acceptors (Lipinski definition) is 4. The van der Waals surface area contributed by atoms with Crippen molar-refractivity contribution in [2.24, 2.45) is 34.4 Å². The van der Waals surface area contributed by atoms with Crippen LogP contribution in [0.2, 0.25) is 0 Å². The van der Waals surface area contributed by atoms with E-state index in [4.69, 9.17) is 10.7 Å². The van der Waals surface area contributed by atoms with E-state index in [2.05, 4.69) is 18.7 Å². The van der Waals surface area contributed by atoms with Crippen molar-refractivity contribution in [3.8, 4) is 0 Å². The van der Waals surface area contributed by atoms with Crippen molar-refractivity contribution in [3.05, 3.63) is 0 Å². The van der Waals surface area contributed by atoms with Gasteiger partial charge in [-0.1, -0.05) is 13.3 Å². The van der Waals surface area contributed by atoms with Gasteiger partial charge in [0.05, 0.1) is 6.04 Å². The van der Waals surface area contributed by atoms with Gasteiger partial charge in [0.2, 0.25) is 0 Å². The van der Waals surface area contributed by atoms with Gasteiger partial charge in [-0.25, -0.2) is 0 Å². The van der Waals surface area contributed by atoms with E-state index in [1.165, 1.54) is 31.4 Å². The van der Waals surface area contributed by atoms with Crippen LogP contribution in [0.4, 0.5) is 0 Å². The molecule has 7 atom stereocenters. The third-order valence-electron chi connectivity index (χ3n) is 6.67. The first kappa shape index (κ1) is 14.4. The van der Waals surface area contributed by atoms with E-state index >= 15 is 0 Å². The highest BCUT2D eigenvalue weighted by molar-refractivity contribution is 8.00. The van der Waals surface area contributed by atoms with Crippen LogP contribution in [0, 0.1) is 23.7 Å². The fourth-order valence-electron chi connectivity index (χ4n) is 5.57. The van der Waals surface area contributed by atoms with Crippen LogP contribution >= 0.6 is 11.8 Å². The van der Waals surface area contributed by atoms with Gasteiger partial charge >= 0.3 is 0 Å². The SMILES string of the molecule is CC1CCC2N=C(N)C(O)(C3CCCC4CCSC43)C2C1. The molecule has 0 aromatic rings. The molecule has 4 heteroatoms. The third kappa shape index (κ3) is 2.08. The van der Waals surface area contributed by atoms with Crippen LogP contribution in [-0.2, 0) is 0 Å². The molecule has 0 aromatic heterocycles. The van der Waals surface area contributed by atoms with Crippen LogP contribution in [0.25, 0.3) is 0 Å². The number of hydrogen-bond donors (Lipinski definition) is 2. The number of thioether (sulfide) groups is 1. The highest BCUT2D eigenvalue weighted by atomic mass is 32.2. The lowest BCUT2D eigenvalue weighted by molar-refractivity contribution is -0.0392. The number of fused-ring (bicyclic) bond motifs is 2. The van der Waals surface area contributed by atoms with E-state index in [9.17, 15) is 5.11 Å². The first-order valence-electron chi connectivity index (χ1n) is 8.78. The minimum absolute atomic E-state index is 0.284. The zero-order valence-corrected chi connectivity index (χ0v) is 13.8. The molecule has 3 nitrogen and oxygen atoms in total. The lowest BCUT2D eigenvalue weighted by atomic mass is 9.62. The summed E-state index contributed by atoms with van der Waals surface area (Å²) in [6.45, 7) is 2.32. The Hall–Kier alpha value is -0.220. The zero-order valence-electron chi connectivity index (χ0n) is 13.0. The Morgan fingerprint density at radius 1 is 1.19 bits per heavy atom. The number of amidine groups is 1. The van der Waals surface area contributed by atoms with Gasteiger partial charge in [-0.2, -0.15) is 11.8 Å². The largest absolute Gasteiger partial charge is 0.385 e. The summed E-state index contributed by atoms with van der Waals surface area (Å²) in [5.41, 5.74) is 5.52. The van der Waals surface area contributed by atoms with Crippen molar-refractivity contribution in [1.82, 2.24) is 0 Å². The lowest BCUT2D eigenvalue weighted by Crippen LogP contribution is -2.58. The maximum atomic E-state index is 11.7. The summed E-state index contributed by atoms with van der Waals surface area (Å²) in [4.78, 5) is 4.72. The molecule has 0 radical (unpaired) electrons. The monoisotopic (exact) mass is 308 g/mol. The number of rotatable bonds is 1. The molecule has 118 valence electrons. The van der Waals surface area contributed by atoms with Crippen LogP contribution in [0.3, 0.4) is 0 Å². The Morgan fingerprint density at radius 2 is 2.05 bits per heavy atom. The smallest absolute Gasteiger partial charge is 0.130 e. The van der Waals surface area contributed by atoms with Crippen LogP contribution in [-0.4, -0.2) is 33.6 Å². The fraction of sp³-hybridized carbons (Fsp3) is 0.941. The summed E-state index contributed by atoms with van der Waals surface area (Å²) in [5.74, 6) is 3.98. The molecule has 3 fully saturated rings. The number of aliphatic imine (C=N–C) groups is 1. The highest BCUT2D eigenvalue weighted by Gasteiger charge is 2.59. The van der Waals surface area contributed by atoms with Crippen molar-refractivity contribution in [2.45, 2.75) is 68.8 Å². The van der Waals surface area contributed by atoms with Crippen LogP contribution in [0.5, 0.6) is 0 Å². The predicted octanol–water partition coefficient (Wildman–Crippen LogP) is 2.81. The topological polar surface area (TPSA) is 58.6 Å². The number of nitrogens with two attached hydrogens (primary N) is 1. The molecule has 7 unspecified atom stereocenters. The Kier molecular flexibility index (Phi) is 3.53. The van der Waals surface area contributed by atoms with Crippen LogP contribution < -0.4 is 5.73 Å². The second-order valence-corrected chi connectivity index (χ2v) is 9.14. The molecule has 2 saturated carbocycles. The molecular weight excluding hydrogens is 280 g/mol. The fourth-order valence-corrected chi connectivity index (χ4v) is 7.40. The van der Waals surface area contributed by atoms with Crippen molar-refractivity contribution >= 4 is 17.6 Å². The Morgan fingerprint density at radius 3 is 2.90 bits per heavy atom. The van der Waals surface area contributed by atoms with Gasteiger partial charge in [0.1, 0.15) is 11.4 Å². The second-order valence-electron chi connectivity index (χ2n) is 7.85.